The van der Waals surface area contributed by atoms with Gasteiger partial charge in [-0.1, -0.05) is 40.6 Å². The topological polar surface area (TPSA) is 84.6 Å². The first-order valence-electron chi connectivity index (χ1n) is 6.20. The Bertz CT molecular complexity index is 1070. The molecule has 7 nitrogen and oxygen atoms in total. The Hall–Kier alpha value is -2.29. The van der Waals surface area contributed by atoms with Gasteiger partial charge in [-0.05, 0) is 12.1 Å². The van der Waals surface area contributed by atoms with E-state index < -0.39 is 17.4 Å². The summed E-state index contributed by atoms with van der Waals surface area (Å²) in [5.74, 6) is -1.16. The Labute approximate surface area is 141 Å². The third-order valence-electron chi connectivity index (χ3n) is 3.27. The molecular formula is C13H4Cl2N4O3S. The Balaban J connectivity index is 1.94. The highest BCUT2D eigenvalue weighted by Gasteiger charge is 2.42. The molecule has 3 aromatic rings. The molecule has 0 aliphatic carbocycles. The summed E-state index contributed by atoms with van der Waals surface area (Å²) >= 11 is 13.0. The van der Waals surface area contributed by atoms with E-state index in [1.165, 1.54) is 10.6 Å². The second kappa shape index (κ2) is 4.85. The minimum Gasteiger partial charge on any atom is -0.267 e. The lowest BCUT2D eigenvalue weighted by Gasteiger charge is -2.16. The number of anilines is 1. The van der Waals surface area contributed by atoms with Crippen LogP contribution < -0.4 is 10.5 Å². The molecular weight excluding hydrogens is 363 g/mol. The smallest absolute Gasteiger partial charge is 0.267 e. The number of nitrogens with zero attached hydrogens (tertiary/aromatic N) is 4. The summed E-state index contributed by atoms with van der Waals surface area (Å²) in [6, 6.07) is 4.67. The van der Waals surface area contributed by atoms with Crippen LogP contribution in [-0.4, -0.2) is 26.4 Å². The summed E-state index contributed by atoms with van der Waals surface area (Å²) in [5.41, 5.74) is -0.294. The van der Waals surface area contributed by atoms with E-state index in [1.807, 2.05) is 0 Å². The lowest BCUT2D eigenvalue weighted by atomic mass is 10.3. The SMILES string of the molecule is O=C1c2sc3nc(=O)cnn3c2C(=O)N1c1cccc(Cl)c1Cl. The van der Waals surface area contributed by atoms with E-state index in [0.29, 0.717) is 0 Å². The second-order valence-electron chi connectivity index (χ2n) is 4.59. The van der Waals surface area contributed by atoms with Crippen molar-refractivity contribution in [3.8, 4) is 0 Å². The zero-order valence-electron chi connectivity index (χ0n) is 11.0. The van der Waals surface area contributed by atoms with Crippen LogP contribution in [0.4, 0.5) is 5.69 Å². The van der Waals surface area contributed by atoms with E-state index in [9.17, 15) is 14.4 Å². The molecule has 1 aliphatic heterocycles. The number of hydrogen-bond acceptors (Lipinski definition) is 6. The fourth-order valence-electron chi connectivity index (χ4n) is 2.30. The average molecular weight is 367 g/mol. The van der Waals surface area contributed by atoms with E-state index in [-0.39, 0.29) is 31.3 Å². The lowest BCUT2D eigenvalue weighted by molar-refractivity contribution is 0.0924. The molecule has 2 aromatic heterocycles. The number of rotatable bonds is 1. The molecule has 1 aromatic carbocycles. The van der Waals surface area contributed by atoms with Crippen molar-refractivity contribution in [3.05, 3.63) is 55.4 Å². The van der Waals surface area contributed by atoms with Gasteiger partial charge in [-0.2, -0.15) is 14.6 Å². The maximum atomic E-state index is 12.7. The molecule has 0 bridgehead atoms. The minimum atomic E-state index is -0.599. The average Bonchev–Trinajstić information content (AvgIpc) is 2.99. The molecule has 3 heterocycles. The number of amides is 2. The molecule has 0 saturated carbocycles. The standard InChI is InChI=1S/C13H4Cl2N4O3S/c14-5-2-1-3-6(8(5)15)18-11(21)9-10(12(18)22)23-13-17-7(20)4-16-19(9)13/h1-4H. The zero-order valence-corrected chi connectivity index (χ0v) is 13.3. The van der Waals surface area contributed by atoms with E-state index in [2.05, 4.69) is 10.1 Å². The Morgan fingerprint density at radius 2 is 1.87 bits per heavy atom. The first kappa shape index (κ1) is 14.3. The highest BCUT2D eigenvalue weighted by molar-refractivity contribution is 7.19. The monoisotopic (exact) mass is 366 g/mol. The predicted molar refractivity (Wildman–Crippen MR) is 84.7 cm³/mol. The Kier molecular flexibility index (Phi) is 3.02. The van der Waals surface area contributed by atoms with Gasteiger partial charge < -0.3 is 0 Å². The summed E-state index contributed by atoms with van der Waals surface area (Å²) in [5, 5.41) is 4.19. The van der Waals surface area contributed by atoms with Gasteiger partial charge in [0.05, 0.1) is 15.7 Å². The number of carbonyl (C=O) groups is 2. The Morgan fingerprint density at radius 3 is 2.65 bits per heavy atom. The number of aromatic nitrogens is 3. The first-order valence-corrected chi connectivity index (χ1v) is 7.78. The molecule has 0 spiro atoms. The zero-order chi connectivity index (χ0) is 16.3. The van der Waals surface area contributed by atoms with Crippen molar-refractivity contribution in [3.63, 3.8) is 0 Å². The van der Waals surface area contributed by atoms with Gasteiger partial charge in [0, 0.05) is 0 Å². The van der Waals surface area contributed by atoms with Crippen molar-refractivity contribution in [1.82, 2.24) is 14.6 Å². The molecule has 0 fully saturated rings. The van der Waals surface area contributed by atoms with Crippen molar-refractivity contribution in [2.24, 2.45) is 0 Å². The van der Waals surface area contributed by atoms with Crippen LogP contribution in [0.15, 0.2) is 29.2 Å². The van der Waals surface area contributed by atoms with Gasteiger partial charge in [-0.25, -0.2) is 4.90 Å². The lowest BCUT2D eigenvalue weighted by Crippen LogP contribution is -2.30. The third kappa shape index (κ3) is 1.92. The summed E-state index contributed by atoms with van der Waals surface area (Å²) in [6.45, 7) is 0. The molecule has 23 heavy (non-hydrogen) atoms. The van der Waals surface area contributed by atoms with Crippen LogP contribution in [0.2, 0.25) is 10.0 Å². The number of halogens is 2. The summed E-state index contributed by atoms with van der Waals surface area (Å²) in [4.78, 5) is 41.5. The van der Waals surface area contributed by atoms with Crippen molar-refractivity contribution >= 4 is 57.0 Å². The van der Waals surface area contributed by atoms with Crippen molar-refractivity contribution < 1.29 is 9.59 Å². The van der Waals surface area contributed by atoms with Gasteiger partial charge in [-0.15, -0.1) is 0 Å². The van der Waals surface area contributed by atoms with Crippen LogP contribution in [0.1, 0.15) is 20.2 Å². The summed E-state index contributed by atoms with van der Waals surface area (Å²) < 4.78 is 1.18. The number of carbonyl (C=O) groups excluding carboxylic acids is 2. The van der Waals surface area contributed by atoms with Gasteiger partial charge in [0.2, 0.25) is 4.96 Å². The van der Waals surface area contributed by atoms with E-state index in [4.69, 9.17) is 23.2 Å². The van der Waals surface area contributed by atoms with Gasteiger partial charge in [0.25, 0.3) is 17.4 Å². The van der Waals surface area contributed by atoms with Crippen LogP contribution in [0.3, 0.4) is 0 Å². The molecule has 114 valence electrons. The Morgan fingerprint density at radius 1 is 1.09 bits per heavy atom. The van der Waals surface area contributed by atoms with E-state index >= 15 is 0 Å². The fraction of sp³-hybridized carbons (Fsp3) is 0. The normalized spacial score (nSPS) is 13.9. The first-order chi connectivity index (χ1) is 11.0. The van der Waals surface area contributed by atoms with Crippen LogP contribution in [-0.2, 0) is 0 Å². The van der Waals surface area contributed by atoms with Crippen LogP contribution >= 0.6 is 34.5 Å². The molecule has 0 N–H and O–H groups in total. The van der Waals surface area contributed by atoms with Gasteiger partial charge in [0.15, 0.2) is 5.69 Å². The highest BCUT2D eigenvalue weighted by Crippen LogP contribution is 2.38. The van der Waals surface area contributed by atoms with Gasteiger partial charge in [0.1, 0.15) is 11.1 Å². The van der Waals surface area contributed by atoms with Crippen LogP contribution in [0.5, 0.6) is 0 Å². The van der Waals surface area contributed by atoms with E-state index in [0.717, 1.165) is 22.4 Å². The van der Waals surface area contributed by atoms with Crippen molar-refractivity contribution in [2.45, 2.75) is 0 Å². The maximum Gasteiger partial charge on any atom is 0.292 e. The molecule has 0 atom stereocenters. The second-order valence-corrected chi connectivity index (χ2v) is 6.35. The molecule has 4 rings (SSSR count). The molecule has 2 amide bonds. The number of benzene rings is 1. The fourth-order valence-corrected chi connectivity index (χ4v) is 3.67. The molecule has 1 aliphatic rings. The van der Waals surface area contributed by atoms with Crippen LogP contribution in [0.25, 0.3) is 4.96 Å². The molecule has 0 radical (unpaired) electrons. The number of thiazole rings is 1. The van der Waals surface area contributed by atoms with Crippen molar-refractivity contribution in [1.29, 1.82) is 0 Å². The number of fused-ring (bicyclic) bond motifs is 3. The van der Waals surface area contributed by atoms with Gasteiger partial charge >= 0.3 is 0 Å². The number of imide groups is 1. The third-order valence-corrected chi connectivity index (χ3v) is 5.09. The minimum absolute atomic E-state index is 0.0542. The molecule has 0 unspecified atom stereocenters. The van der Waals surface area contributed by atoms with Gasteiger partial charge in [-0.3, -0.25) is 14.4 Å². The predicted octanol–water partition coefficient (Wildman–Crippen LogP) is 2.26. The summed E-state index contributed by atoms with van der Waals surface area (Å²) in [6.07, 6.45) is 0.979. The number of hydrogen-bond donors (Lipinski definition) is 0. The highest BCUT2D eigenvalue weighted by atomic mass is 35.5. The van der Waals surface area contributed by atoms with Crippen molar-refractivity contribution in [2.75, 3.05) is 4.90 Å². The molecule has 0 saturated heterocycles. The van der Waals surface area contributed by atoms with Crippen LogP contribution in [0, 0.1) is 0 Å². The maximum absolute atomic E-state index is 12.7. The van der Waals surface area contributed by atoms with E-state index in [1.54, 1.807) is 12.1 Å². The quantitative estimate of drug-likeness (QED) is 0.616. The molecule has 10 heteroatoms. The summed E-state index contributed by atoms with van der Waals surface area (Å²) in [7, 11) is 0. The largest absolute Gasteiger partial charge is 0.292 e.